The molecule has 0 heterocycles. The largest absolute Gasteiger partial charge is 0.504 e. The fourth-order valence-corrected chi connectivity index (χ4v) is 1.08. The Morgan fingerprint density at radius 2 is 1.26 bits per heavy atom. The average molecular weight is 258 g/mol. The lowest BCUT2D eigenvalue weighted by atomic mass is 10.2. The van der Waals surface area contributed by atoms with Crippen molar-refractivity contribution in [2.24, 2.45) is 0 Å². The highest BCUT2D eigenvalue weighted by Gasteiger charge is 2.18. The summed E-state index contributed by atoms with van der Waals surface area (Å²) in [4.78, 5) is 42.2. The molecule has 1 aromatic carbocycles. The zero-order valence-corrected chi connectivity index (χ0v) is 9.78. The number of aromatic hydroxyl groups is 1. The van der Waals surface area contributed by atoms with Crippen molar-refractivity contribution < 1.29 is 19.5 Å². The summed E-state index contributed by atoms with van der Waals surface area (Å²) in [6.45, 7) is 0. The van der Waals surface area contributed by atoms with E-state index in [4.69, 9.17) is 5.11 Å². The molecule has 1 aliphatic carbocycles. The van der Waals surface area contributed by atoms with Crippen molar-refractivity contribution in [3.8, 4) is 5.75 Å². The molecule has 5 heteroatoms. The van der Waals surface area contributed by atoms with Gasteiger partial charge in [0.2, 0.25) is 17.0 Å². The Morgan fingerprint density at radius 1 is 0.737 bits per heavy atom. The average Bonchev–Trinajstić information content (AvgIpc) is 2.66. The molecule has 0 radical (unpaired) electrons. The summed E-state index contributed by atoms with van der Waals surface area (Å²) in [6, 6.07) is 7.55. The van der Waals surface area contributed by atoms with E-state index in [1.165, 1.54) is 24.3 Å². The molecule has 0 saturated heterocycles. The lowest BCUT2D eigenvalue weighted by Crippen LogP contribution is -2.18. The number of Topliss-reactive ketones (excluding diaryl/α,β-unsaturated/α-hetero) is 1. The minimum atomic E-state index is -0.968. The third kappa shape index (κ3) is 4.51. The normalized spacial score (nSPS) is 13.6. The molecule has 0 aromatic heterocycles. The Morgan fingerprint density at radius 3 is 1.84 bits per heavy atom. The van der Waals surface area contributed by atoms with Gasteiger partial charge in [-0.25, -0.2) is 0 Å². The highest BCUT2D eigenvalue weighted by atomic mass is 16.3. The van der Waals surface area contributed by atoms with Crippen molar-refractivity contribution in [1.29, 1.82) is 0 Å². The Balaban J connectivity index is 0.000000191. The second-order valence-electron chi connectivity index (χ2n) is 3.44. The third-order valence-electron chi connectivity index (χ3n) is 2.03. The van der Waals surface area contributed by atoms with E-state index in [1.54, 1.807) is 18.2 Å². The van der Waals surface area contributed by atoms with Gasteiger partial charge in [0, 0.05) is 0 Å². The maximum atomic E-state index is 10.6. The Labute approximate surface area is 108 Å². The number of hydrogen-bond donors (Lipinski definition) is 1. The summed E-state index contributed by atoms with van der Waals surface area (Å²) in [6.07, 6.45) is 4.88. The Hall–Kier alpha value is -2.82. The van der Waals surface area contributed by atoms with Crippen molar-refractivity contribution in [3.05, 3.63) is 64.9 Å². The van der Waals surface area contributed by atoms with Gasteiger partial charge in [0.1, 0.15) is 0 Å². The van der Waals surface area contributed by atoms with Gasteiger partial charge in [0.15, 0.2) is 5.75 Å². The molecule has 1 aromatic rings. The number of rotatable bonds is 0. The molecule has 0 aliphatic heterocycles. The van der Waals surface area contributed by atoms with Gasteiger partial charge in [-0.2, -0.15) is 0 Å². The highest BCUT2D eigenvalue weighted by molar-refractivity contribution is 6.68. The predicted molar refractivity (Wildman–Crippen MR) is 67.7 cm³/mol. The Bertz CT molecular complexity index is 600. The second-order valence-corrected chi connectivity index (χ2v) is 3.44. The first kappa shape index (κ1) is 14.2. The fraction of sp³-hybridized carbons (Fsp3) is 0. The first-order valence-corrected chi connectivity index (χ1v) is 5.28. The summed E-state index contributed by atoms with van der Waals surface area (Å²) in [5, 5.41) is 8.77. The number of ketones is 3. The van der Waals surface area contributed by atoms with Crippen LogP contribution in [0.25, 0.3) is 0 Å². The molecule has 19 heavy (non-hydrogen) atoms. The van der Waals surface area contributed by atoms with Crippen LogP contribution in [0.2, 0.25) is 0 Å². The molecule has 0 fully saturated rings. The third-order valence-corrected chi connectivity index (χ3v) is 2.03. The molecule has 0 atom stereocenters. The van der Waals surface area contributed by atoms with Crippen molar-refractivity contribution >= 4 is 17.3 Å². The van der Waals surface area contributed by atoms with Gasteiger partial charge < -0.3 is 5.11 Å². The van der Waals surface area contributed by atoms with Crippen LogP contribution < -0.4 is 5.43 Å². The van der Waals surface area contributed by atoms with Crippen LogP contribution in [0.3, 0.4) is 0 Å². The van der Waals surface area contributed by atoms with E-state index in [0.717, 1.165) is 12.2 Å². The number of carbonyl (C=O) groups excluding carboxylic acids is 3. The predicted octanol–water partition coefficient (Wildman–Crippen LogP) is 0.572. The summed E-state index contributed by atoms with van der Waals surface area (Å²) in [5.74, 6) is -2.69. The molecular formula is C14H10O5. The van der Waals surface area contributed by atoms with Crippen LogP contribution >= 0.6 is 0 Å². The smallest absolute Gasteiger partial charge is 0.272 e. The first-order chi connectivity index (χ1) is 9.02. The van der Waals surface area contributed by atoms with Crippen molar-refractivity contribution in [3.63, 3.8) is 0 Å². The van der Waals surface area contributed by atoms with Crippen molar-refractivity contribution in [2.45, 2.75) is 0 Å². The number of allylic oxidation sites excluding steroid dienone is 4. The van der Waals surface area contributed by atoms with Crippen molar-refractivity contribution in [2.75, 3.05) is 0 Å². The molecular weight excluding hydrogens is 248 g/mol. The molecule has 0 unspecified atom stereocenters. The highest BCUT2D eigenvalue weighted by Crippen LogP contribution is 1.94. The van der Waals surface area contributed by atoms with E-state index < -0.39 is 17.3 Å². The van der Waals surface area contributed by atoms with E-state index in [2.05, 4.69) is 0 Å². The quantitative estimate of drug-likeness (QED) is 0.687. The molecule has 5 nitrogen and oxygen atoms in total. The van der Waals surface area contributed by atoms with E-state index >= 15 is 0 Å². The molecule has 0 saturated carbocycles. The second kappa shape index (κ2) is 6.80. The van der Waals surface area contributed by atoms with Gasteiger partial charge in [0.25, 0.3) is 5.78 Å². The number of carbonyl (C=O) groups is 3. The van der Waals surface area contributed by atoms with E-state index in [-0.39, 0.29) is 11.2 Å². The van der Waals surface area contributed by atoms with Crippen LogP contribution in [0.4, 0.5) is 0 Å². The summed E-state index contributed by atoms with van der Waals surface area (Å²) < 4.78 is 0. The maximum absolute atomic E-state index is 10.6. The van der Waals surface area contributed by atoms with Crippen LogP contribution in [0, 0.1) is 0 Å². The Kier molecular flexibility index (Phi) is 5.10. The maximum Gasteiger partial charge on any atom is 0.272 e. The van der Waals surface area contributed by atoms with Gasteiger partial charge in [-0.15, -0.1) is 0 Å². The molecule has 0 bridgehead atoms. The standard InChI is InChI=1S/C7H4O3.C7H6O2/c8-5-3-1-2-4-6(9)7(5)10;8-6-4-2-1-3-5-7(6)9/h1-4H;1-5H,(H,8,9). The minimum Gasteiger partial charge on any atom is -0.504 e. The van der Waals surface area contributed by atoms with Crippen LogP contribution in [0.1, 0.15) is 0 Å². The molecule has 0 spiro atoms. The minimum absolute atomic E-state index is 0.208. The van der Waals surface area contributed by atoms with Crippen LogP contribution in [-0.4, -0.2) is 22.5 Å². The van der Waals surface area contributed by atoms with E-state index in [9.17, 15) is 19.2 Å². The topological polar surface area (TPSA) is 88.5 Å². The zero-order valence-electron chi connectivity index (χ0n) is 9.78. The van der Waals surface area contributed by atoms with E-state index in [0.29, 0.717) is 0 Å². The lowest BCUT2D eigenvalue weighted by molar-refractivity contribution is -0.140. The molecule has 96 valence electrons. The number of hydrogen-bond acceptors (Lipinski definition) is 5. The summed E-state index contributed by atoms with van der Waals surface area (Å²) in [7, 11) is 0. The van der Waals surface area contributed by atoms with Crippen molar-refractivity contribution in [1.82, 2.24) is 0 Å². The summed E-state index contributed by atoms with van der Waals surface area (Å²) in [5.41, 5.74) is -0.347. The van der Waals surface area contributed by atoms with Gasteiger partial charge in [-0.1, -0.05) is 30.4 Å². The van der Waals surface area contributed by atoms with Gasteiger partial charge in [-0.05, 0) is 24.3 Å². The molecule has 1 N–H and O–H groups in total. The molecule has 2 rings (SSSR count). The van der Waals surface area contributed by atoms with Crippen LogP contribution in [0.5, 0.6) is 5.75 Å². The SMILES string of the molecule is O=C1C=CC=CC(=O)C1=O.O=c1cccccc1O. The van der Waals surface area contributed by atoms with E-state index in [1.807, 2.05) is 0 Å². The van der Waals surface area contributed by atoms with Crippen LogP contribution in [-0.2, 0) is 14.4 Å². The van der Waals surface area contributed by atoms with Crippen LogP contribution in [0.15, 0.2) is 59.4 Å². The van der Waals surface area contributed by atoms with Gasteiger partial charge in [0.05, 0.1) is 0 Å². The monoisotopic (exact) mass is 258 g/mol. The summed E-state index contributed by atoms with van der Waals surface area (Å²) >= 11 is 0. The molecule has 0 amide bonds. The fourth-order valence-electron chi connectivity index (χ4n) is 1.08. The lowest BCUT2D eigenvalue weighted by Gasteiger charge is -1.83. The first-order valence-electron chi connectivity index (χ1n) is 5.28. The molecule has 1 aliphatic rings. The van der Waals surface area contributed by atoms with Gasteiger partial charge in [-0.3, -0.25) is 19.2 Å². The zero-order chi connectivity index (χ0) is 14.3. The van der Waals surface area contributed by atoms with Gasteiger partial charge >= 0.3 is 0 Å².